The van der Waals surface area contributed by atoms with Gasteiger partial charge >= 0.3 is 0 Å². The Kier molecular flexibility index (Phi) is 5.44. The minimum absolute atomic E-state index is 0.00865. The van der Waals surface area contributed by atoms with Crippen LogP contribution in [0.1, 0.15) is 24.8 Å². The number of hydrogen-bond acceptors (Lipinski definition) is 5. The molecule has 1 N–H and O–H groups in total. The Labute approximate surface area is 134 Å². The smallest absolute Gasteiger partial charge is 0.244 e. The maximum atomic E-state index is 12.4. The lowest BCUT2D eigenvalue weighted by atomic mass is 10.2. The van der Waals surface area contributed by atoms with Crippen molar-refractivity contribution < 1.29 is 17.7 Å². The van der Waals surface area contributed by atoms with Crippen LogP contribution in [-0.2, 0) is 23.0 Å². The van der Waals surface area contributed by atoms with Crippen LogP contribution in [0.25, 0.3) is 0 Å². The molecule has 1 heterocycles. The fourth-order valence-corrected chi connectivity index (χ4v) is 3.34. The standard InChI is InChI=1S/C14H17ClN2O4S/c1-3-4-11-8-12(21-17-11)9-16-22(18,19)14-7-10(15)5-6-13(14)20-2/h5-8,16H,3-4,9H2,1-2H3. The van der Waals surface area contributed by atoms with E-state index in [1.165, 1.54) is 19.2 Å². The lowest BCUT2D eigenvalue weighted by Crippen LogP contribution is -2.23. The zero-order chi connectivity index (χ0) is 16.2. The Morgan fingerprint density at radius 2 is 2.14 bits per heavy atom. The van der Waals surface area contributed by atoms with E-state index < -0.39 is 10.0 Å². The van der Waals surface area contributed by atoms with Crippen molar-refractivity contribution in [2.24, 2.45) is 0 Å². The molecule has 2 rings (SSSR count). The summed E-state index contributed by atoms with van der Waals surface area (Å²) in [7, 11) is -2.38. The molecule has 0 saturated carbocycles. The highest BCUT2D eigenvalue weighted by Crippen LogP contribution is 2.27. The summed E-state index contributed by atoms with van der Waals surface area (Å²) in [6.07, 6.45) is 1.73. The Balaban J connectivity index is 2.15. The third-order valence-electron chi connectivity index (χ3n) is 2.97. The first kappa shape index (κ1) is 16.8. The lowest BCUT2D eigenvalue weighted by Gasteiger charge is -2.10. The molecule has 8 heteroatoms. The molecule has 0 aliphatic carbocycles. The van der Waals surface area contributed by atoms with Crippen molar-refractivity contribution in [3.63, 3.8) is 0 Å². The molecule has 0 aliphatic heterocycles. The summed E-state index contributed by atoms with van der Waals surface area (Å²) in [6, 6.07) is 6.14. The topological polar surface area (TPSA) is 81.4 Å². The summed E-state index contributed by atoms with van der Waals surface area (Å²) in [5.74, 6) is 0.675. The normalized spacial score (nSPS) is 11.6. The van der Waals surface area contributed by atoms with Crippen LogP contribution >= 0.6 is 11.6 Å². The molecule has 1 aromatic heterocycles. The number of benzene rings is 1. The largest absolute Gasteiger partial charge is 0.495 e. The van der Waals surface area contributed by atoms with E-state index in [2.05, 4.69) is 9.88 Å². The number of sulfonamides is 1. The van der Waals surface area contributed by atoms with Gasteiger partial charge in [-0.3, -0.25) is 0 Å². The molecule has 0 unspecified atom stereocenters. The molecule has 0 fully saturated rings. The second-order valence-corrected chi connectivity index (χ2v) is 6.83. The molecule has 120 valence electrons. The second kappa shape index (κ2) is 7.13. The maximum absolute atomic E-state index is 12.4. The van der Waals surface area contributed by atoms with Crippen LogP contribution < -0.4 is 9.46 Å². The predicted molar refractivity (Wildman–Crippen MR) is 82.5 cm³/mol. The molecule has 2 aromatic rings. The van der Waals surface area contributed by atoms with Gasteiger partial charge in [0.1, 0.15) is 10.6 Å². The van der Waals surface area contributed by atoms with Gasteiger partial charge in [-0.1, -0.05) is 30.1 Å². The molecule has 0 radical (unpaired) electrons. The Bertz CT molecular complexity index is 743. The molecular weight excluding hydrogens is 328 g/mol. The van der Waals surface area contributed by atoms with Gasteiger partial charge in [-0.2, -0.15) is 0 Å². The van der Waals surface area contributed by atoms with Crippen molar-refractivity contribution in [2.75, 3.05) is 7.11 Å². The third kappa shape index (κ3) is 4.00. The molecule has 22 heavy (non-hydrogen) atoms. The van der Waals surface area contributed by atoms with Crippen LogP contribution in [0, 0.1) is 0 Å². The lowest BCUT2D eigenvalue weighted by molar-refractivity contribution is 0.374. The average molecular weight is 345 g/mol. The molecular formula is C14H17ClN2O4S. The number of ether oxygens (including phenoxy) is 1. The van der Waals surface area contributed by atoms with E-state index in [4.69, 9.17) is 20.9 Å². The van der Waals surface area contributed by atoms with Crippen LogP contribution in [0.15, 0.2) is 33.7 Å². The highest BCUT2D eigenvalue weighted by molar-refractivity contribution is 7.89. The molecule has 0 aliphatic rings. The summed E-state index contributed by atoms with van der Waals surface area (Å²) in [6.45, 7) is 2.04. The Hall–Kier alpha value is -1.57. The van der Waals surface area contributed by atoms with Crippen molar-refractivity contribution >= 4 is 21.6 Å². The highest BCUT2D eigenvalue weighted by atomic mass is 35.5. The molecule has 1 aromatic carbocycles. The minimum Gasteiger partial charge on any atom is -0.495 e. The van der Waals surface area contributed by atoms with Gasteiger partial charge in [-0.15, -0.1) is 0 Å². The quantitative estimate of drug-likeness (QED) is 0.835. The van der Waals surface area contributed by atoms with Crippen molar-refractivity contribution in [1.29, 1.82) is 0 Å². The van der Waals surface area contributed by atoms with Crippen molar-refractivity contribution in [3.05, 3.63) is 40.7 Å². The van der Waals surface area contributed by atoms with E-state index in [0.717, 1.165) is 18.5 Å². The van der Waals surface area contributed by atoms with Crippen LogP contribution in [0.3, 0.4) is 0 Å². The van der Waals surface area contributed by atoms with Crippen molar-refractivity contribution in [3.8, 4) is 5.75 Å². The van der Waals surface area contributed by atoms with Gasteiger partial charge in [0.2, 0.25) is 10.0 Å². The highest BCUT2D eigenvalue weighted by Gasteiger charge is 2.20. The van der Waals surface area contributed by atoms with Crippen molar-refractivity contribution in [1.82, 2.24) is 9.88 Å². The van der Waals surface area contributed by atoms with Crippen LogP contribution in [0.2, 0.25) is 5.02 Å². The molecule has 6 nitrogen and oxygen atoms in total. The Morgan fingerprint density at radius 1 is 1.36 bits per heavy atom. The Morgan fingerprint density at radius 3 is 2.82 bits per heavy atom. The zero-order valence-corrected chi connectivity index (χ0v) is 13.9. The molecule has 0 spiro atoms. The van der Waals surface area contributed by atoms with Crippen molar-refractivity contribution in [2.45, 2.75) is 31.2 Å². The fourth-order valence-electron chi connectivity index (χ4n) is 1.92. The number of halogens is 1. The van der Waals surface area contributed by atoms with Gasteiger partial charge in [-0.05, 0) is 24.6 Å². The van der Waals surface area contributed by atoms with Gasteiger partial charge in [0.25, 0.3) is 0 Å². The van der Waals surface area contributed by atoms with E-state index >= 15 is 0 Å². The SMILES string of the molecule is CCCc1cc(CNS(=O)(=O)c2cc(Cl)ccc2OC)on1. The van der Waals surface area contributed by atoms with Gasteiger partial charge < -0.3 is 9.26 Å². The van der Waals surface area contributed by atoms with Gasteiger partial charge in [-0.25, -0.2) is 13.1 Å². The van der Waals surface area contributed by atoms with Crippen LogP contribution in [0.5, 0.6) is 5.75 Å². The molecule has 0 saturated heterocycles. The first-order valence-electron chi connectivity index (χ1n) is 6.74. The zero-order valence-electron chi connectivity index (χ0n) is 12.3. The summed E-state index contributed by atoms with van der Waals surface area (Å²) in [5.41, 5.74) is 0.803. The molecule has 0 atom stereocenters. The summed E-state index contributed by atoms with van der Waals surface area (Å²) >= 11 is 5.86. The molecule has 0 bridgehead atoms. The third-order valence-corrected chi connectivity index (χ3v) is 4.62. The van der Waals surface area contributed by atoms with Gasteiger partial charge in [0.05, 0.1) is 19.3 Å². The van der Waals surface area contributed by atoms with Gasteiger partial charge in [0, 0.05) is 11.1 Å². The van der Waals surface area contributed by atoms with Crippen LogP contribution in [0.4, 0.5) is 0 Å². The summed E-state index contributed by atoms with van der Waals surface area (Å²) < 4.78 is 37.3. The number of aromatic nitrogens is 1. The van der Waals surface area contributed by atoms with E-state index in [-0.39, 0.29) is 17.2 Å². The summed E-state index contributed by atoms with van der Waals surface area (Å²) in [5, 5.41) is 4.18. The van der Waals surface area contributed by atoms with Gasteiger partial charge in [0.15, 0.2) is 5.76 Å². The van der Waals surface area contributed by atoms with E-state index in [0.29, 0.717) is 10.8 Å². The monoisotopic (exact) mass is 344 g/mol. The predicted octanol–water partition coefficient (Wildman–Crippen LogP) is 2.77. The van der Waals surface area contributed by atoms with E-state index in [1.807, 2.05) is 6.92 Å². The average Bonchev–Trinajstić information content (AvgIpc) is 2.93. The second-order valence-electron chi connectivity index (χ2n) is 4.65. The summed E-state index contributed by atoms with van der Waals surface area (Å²) in [4.78, 5) is -0.0178. The molecule has 0 amide bonds. The number of aryl methyl sites for hydroxylation is 1. The number of nitrogens with one attached hydrogen (secondary N) is 1. The fraction of sp³-hybridized carbons (Fsp3) is 0.357. The first-order valence-corrected chi connectivity index (χ1v) is 8.60. The van der Waals surface area contributed by atoms with Crippen LogP contribution in [-0.4, -0.2) is 20.7 Å². The number of rotatable bonds is 7. The van der Waals surface area contributed by atoms with E-state index in [9.17, 15) is 8.42 Å². The number of nitrogens with zero attached hydrogens (tertiary/aromatic N) is 1. The maximum Gasteiger partial charge on any atom is 0.244 e. The number of hydrogen-bond donors (Lipinski definition) is 1. The number of methoxy groups -OCH3 is 1. The minimum atomic E-state index is -3.77. The first-order chi connectivity index (χ1) is 10.5. The van der Waals surface area contributed by atoms with E-state index in [1.54, 1.807) is 12.1 Å².